The summed E-state index contributed by atoms with van der Waals surface area (Å²) in [4.78, 5) is 15.7. The highest BCUT2D eigenvalue weighted by molar-refractivity contribution is 6.33. The van der Waals surface area contributed by atoms with Crippen LogP contribution in [0.5, 0.6) is 5.75 Å². The zero-order valence-electron chi connectivity index (χ0n) is 13.3. The molecule has 3 aromatic rings. The minimum absolute atomic E-state index is 0.0256. The average molecular weight is 391 g/mol. The molecule has 2 aromatic carbocycles. The van der Waals surface area contributed by atoms with Gasteiger partial charge >= 0.3 is 0 Å². The monoisotopic (exact) mass is 390 g/mol. The number of hydrogen-bond donors (Lipinski definition) is 2. The molecule has 26 heavy (non-hydrogen) atoms. The van der Waals surface area contributed by atoms with E-state index in [1.165, 1.54) is 0 Å². The second-order valence-corrected chi connectivity index (χ2v) is 6.38. The molecule has 0 radical (unpaired) electrons. The Kier molecular flexibility index (Phi) is 4.40. The number of anilines is 2. The molecule has 0 saturated carbocycles. The minimum atomic E-state index is -0.213. The predicted molar refractivity (Wildman–Crippen MR) is 97.6 cm³/mol. The Hall–Kier alpha value is -2.77. The molecule has 0 aliphatic carbocycles. The molecule has 0 saturated heterocycles. The van der Waals surface area contributed by atoms with Crippen LogP contribution in [0.15, 0.2) is 40.9 Å². The van der Waals surface area contributed by atoms with Gasteiger partial charge in [0, 0.05) is 16.7 Å². The number of amides is 1. The molecule has 0 bridgehead atoms. The second kappa shape index (κ2) is 6.86. The van der Waals surface area contributed by atoms with E-state index in [1.807, 2.05) is 12.1 Å². The van der Waals surface area contributed by atoms with Crippen LogP contribution in [0.1, 0.15) is 5.89 Å². The van der Waals surface area contributed by atoms with Crippen molar-refractivity contribution in [1.82, 2.24) is 10.1 Å². The van der Waals surface area contributed by atoms with Crippen molar-refractivity contribution in [1.29, 1.82) is 0 Å². The fourth-order valence-electron chi connectivity index (χ4n) is 2.45. The number of nitrogens with one attached hydrogen (secondary N) is 2. The normalized spacial score (nSPS) is 12.9. The van der Waals surface area contributed by atoms with Crippen molar-refractivity contribution in [2.75, 3.05) is 17.2 Å². The topological polar surface area (TPSA) is 89.3 Å². The van der Waals surface area contributed by atoms with Gasteiger partial charge in [-0.1, -0.05) is 28.4 Å². The van der Waals surface area contributed by atoms with Gasteiger partial charge in [0.25, 0.3) is 5.91 Å². The molecule has 1 aliphatic heterocycles. The number of aromatic nitrogens is 2. The Morgan fingerprint density at radius 2 is 2.00 bits per heavy atom. The van der Waals surface area contributed by atoms with Crippen molar-refractivity contribution in [3.05, 3.63) is 52.3 Å². The van der Waals surface area contributed by atoms with E-state index in [0.717, 1.165) is 5.56 Å². The van der Waals surface area contributed by atoms with Gasteiger partial charge in [-0.2, -0.15) is 4.98 Å². The van der Waals surface area contributed by atoms with Gasteiger partial charge in [-0.05, 0) is 30.3 Å². The third-order valence-corrected chi connectivity index (χ3v) is 4.27. The van der Waals surface area contributed by atoms with E-state index in [4.69, 9.17) is 32.5 Å². The number of hydrogen-bond acceptors (Lipinski definition) is 6. The molecule has 1 amide bonds. The maximum absolute atomic E-state index is 11.3. The molecule has 0 fully saturated rings. The molecule has 7 nitrogen and oxygen atoms in total. The average Bonchev–Trinajstić information content (AvgIpc) is 3.09. The smallest absolute Gasteiger partial charge is 0.262 e. The molecule has 132 valence electrons. The van der Waals surface area contributed by atoms with E-state index >= 15 is 0 Å². The van der Waals surface area contributed by atoms with Gasteiger partial charge in [-0.15, -0.1) is 0 Å². The zero-order valence-corrected chi connectivity index (χ0v) is 14.8. The van der Waals surface area contributed by atoms with E-state index in [9.17, 15) is 4.79 Å². The molecule has 4 rings (SSSR count). The summed E-state index contributed by atoms with van der Waals surface area (Å²) in [6.07, 6.45) is 0. The maximum atomic E-state index is 11.3. The lowest BCUT2D eigenvalue weighted by atomic mass is 10.2. The summed E-state index contributed by atoms with van der Waals surface area (Å²) in [5, 5.41) is 10.9. The van der Waals surface area contributed by atoms with Crippen molar-refractivity contribution in [3.8, 4) is 17.1 Å². The summed E-state index contributed by atoms with van der Waals surface area (Å²) in [5.74, 6) is 1.21. The second-order valence-electron chi connectivity index (χ2n) is 5.54. The molecule has 1 aliphatic rings. The number of carbonyl (C=O) groups excluding carboxylic acids is 1. The highest BCUT2D eigenvalue weighted by atomic mass is 35.5. The standard InChI is InChI=1S/C17H12Cl2N4O3/c18-10-3-1-9(2-4-10)17-22-16(26-23-17)7-20-12-6-14-13(5-11(12)19)21-15(24)8-25-14/h1-6,20H,7-8H2,(H,21,24). The highest BCUT2D eigenvalue weighted by Gasteiger charge is 2.18. The lowest BCUT2D eigenvalue weighted by Crippen LogP contribution is -2.25. The summed E-state index contributed by atoms with van der Waals surface area (Å²) >= 11 is 12.1. The van der Waals surface area contributed by atoms with Crippen LogP contribution < -0.4 is 15.4 Å². The van der Waals surface area contributed by atoms with Crippen LogP contribution in [0.25, 0.3) is 11.4 Å². The zero-order chi connectivity index (χ0) is 18.1. The maximum Gasteiger partial charge on any atom is 0.262 e. The van der Waals surface area contributed by atoms with Gasteiger partial charge in [0.2, 0.25) is 11.7 Å². The van der Waals surface area contributed by atoms with Crippen LogP contribution in [-0.2, 0) is 11.3 Å². The number of nitrogens with zero attached hydrogens (tertiary/aromatic N) is 2. The molecule has 1 aromatic heterocycles. The Bertz CT molecular complexity index is 973. The lowest BCUT2D eigenvalue weighted by Gasteiger charge is -2.19. The summed E-state index contributed by atoms with van der Waals surface area (Å²) < 4.78 is 10.6. The first-order valence-corrected chi connectivity index (χ1v) is 8.43. The fraction of sp³-hybridized carbons (Fsp3) is 0.118. The first-order valence-electron chi connectivity index (χ1n) is 7.67. The van der Waals surface area contributed by atoms with Crippen LogP contribution >= 0.6 is 23.2 Å². The van der Waals surface area contributed by atoms with Gasteiger partial charge in [0.1, 0.15) is 5.75 Å². The quantitative estimate of drug-likeness (QED) is 0.699. The first-order chi connectivity index (χ1) is 12.6. The summed E-state index contributed by atoms with van der Waals surface area (Å²) in [5.41, 5.74) is 1.98. The Morgan fingerprint density at radius 3 is 2.81 bits per heavy atom. The van der Waals surface area contributed by atoms with Crippen LogP contribution in [0.2, 0.25) is 10.0 Å². The molecule has 0 atom stereocenters. The van der Waals surface area contributed by atoms with Gasteiger partial charge in [-0.25, -0.2) is 0 Å². The molecular weight excluding hydrogens is 379 g/mol. The van der Waals surface area contributed by atoms with Gasteiger partial charge in [-0.3, -0.25) is 4.79 Å². The van der Waals surface area contributed by atoms with Crippen molar-refractivity contribution in [2.24, 2.45) is 0 Å². The number of ether oxygens (including phenoxy) is 1. The number of fused-ring (bicyclic) bond motifs is 1. The van der Waals surface area contributed by atoms with Crippen molar-refractivity contribution in [2.45, 2.75) is 6.54 Å². The third kappa shape index (κ3) is 3.44. The van der Waals surface area contributed by atoms with Gasteiger partial charge in [0.15, 0.2) is 6.61 Å². The molecule has 0 unspecified atom stereocenters. The summed E-state index contributed by atoms with van der Waals surface area (Å²) in [6.45, 7) is 0.258. The van der Waals surface area contributed by atoms with Crippen molar-refractivity contribution in [3.63, 3.8) is 0 Å². The van der Waals surface area contributed by atoms with Crippen molar-refractivity contribution >= 4 is 40.5 Å². The van der Waals surface area contributed by atoms with Crippen LogP contribution in [0.3, 0.4) is 0 Å². The molecule has 2 N–H and O–H groups in total. The highest BCUT2D eigenvalue weighted by Crippen LogP contribution is 2.36. The number of halogens is 2. The first kappa shape index (κ1) is 16.7. The van der Waals surface area contributed by atoms with Crippen molar-refractivity contribution < 1.29 is 14.1 Å². The molecule has 0 spiro atoms. The lowest BCUT2D eigenvalue weighted by molar-refractivity contribution is -0.118. The Morgan fingerprint density at radius 1 is 1.19 bits per heavy atom. The SMILES string of the molecule is O=C1COc2cc(NCc3nc(-c4ccc(Cl)cc4)no3)c(Cl)cc2N1. The Balaban J connectivity index is 1.48. The number of carbonyl (C=O) groups is 1. The minimum Gasteiger partial charge on any atom is -0.482 e. The van der Waals surface area contributed by atoms with E-state index in [2.05, 4.69) is 20.8 Å². The van der Waals surface area contributed by atoms with Crippen LogP contribution in [0.4, 0.5) is 11.4 Å². The third-order valence-electron chi connectivity index (χ3n) is 3.70. The van der Waals surface area contributed by atoms with Crippen LogP contribution in [0, 0.1) is 0 Å². The number of benzene rings is 2. The van der Waals surface area contributed by atoms with Gasteiger partial charge in [0.05, 0.1) is 22.9 Å². The van der Waals surface area contributed by atoms with E-state index in [1.54, 1.807) is 24.3 Å². The largest absolute Gasteiger partial charge is 0.482 e. The summed E-state index contributed by atoms with van der Waals surface area (Å²) in [7, 11) is 0. The summed E-state index contributed by atoms with van der Waals surface area (Å²) in [6, 6.07) is 10.5. The van der Waals surface area contributed by atoms with Crippen LogP contribution in [-0.4, -0.2) is 22.7 Å². The van der Waals surface area contributed by atoms with E-state index < -0.39 is 0 Å². The van der Waals surface area contributed by atoms with E-state index in [0.29, 0.717) is 38.9 Å². The van der Waals surface area contributed by atoms with E-state index in [-0.39, 0.29) is 19.1 Å². The molecule has 9 heteroatoms. The molecular formula is C17H12Cl2N4O3. The number of rotatable bonds is 4. The van der Waals surface area contributed by atoms with Gasteiger partial charge < -0.3 is 19.9 Å². The Labute approximate surface area is 158 Å². The predicted octanol–water partition coefficient (Wildman–Crippen LogP) is 3.99. The fourth-order valence-corrected chi connectivity index (χ4v) is 2.81. The molecule has 2 heterocycles.